The van der Waals surface area contributed by atoms with E-state index in [1.165, 1.54) is 17.0 Å². The molecule has 0 aliphatic carbocycles. The molecule has 0 unspecified atom stereocenters. The van der Waals surface area contributed by atoms with Gasteiger partial charge < -0.3 is 38.2 Å². The summed E-state index contributed by atoms with van der Waals surface area (Å²) in [5, 5.41) is 2.01. The first-order valence-electron chi connectivity index (χ1n) is 23.2. The highest BCUT2D eigenvalue weighted by molar-refractivity contribution is 7.15. The van der Waals surface area contributed by atoms with Crippen LogP contribution in [0.25, 0.3) is 24.3 Å². The average Bonchev–Trinajstić information content (AvgIpc) is 3.95. The number of benzene rings is 4. The molecule has 0 amide bonds. The van der Waals surface area contributed by atoms with Crippen LogP contribution >= 0.6 is 22.7 Å². The lowest BCUT2D eigenvalue weighted by Crippen LogP contribution is -2.24. The Kier molecular flexibility index (Phi) is 18.1. The number of fused-ring (bicyclic) bond motifs is 2. The first-order valence-corrected chi connectivity index (χ1v) is 24.9. The number of hydrogen-bond donors (Lipinski definition) is 0. The summed E-state index contributed by atoms with van der Waals surface area (Å²) in [6, 6.07) is 33.4. The van der Waals surface area contributed by atoms with E-state index in [0.717, 1.165) is 119 Å². The van der Waals surface area contributed by atoms with Crippen LogP contribution in [-0.2, 0) is 13.2 Å². The lowest BCUT2D eigenvalue weighted by Gasteiger charge is -2.25. The molecule has 2 aliphatic rings. The number of ether oxygens (including phenoxy) is 6. The number of anilines is 2. The van der Waals surface area contributed by atoms with Gasteiger partial charge in [0, 0.05) is 66.2 Å². The zero-order valence-electron chi connectivity index (χ0n) is 38.7. The predicted octanol–water partition coefficient (Wildman–Crippen LogP) is 13.6. The Bertz CT molecular complexity index is 2490. The van der Waals surface area contributed by atoms with Gasteiger partial charge in [-0.1, -0.05) is 88.4 Å². The molecular weight excluding hydrogens is 865 g/mol. The fourth-order valence-electron chi connectivity index (χ4n) is 7.77. The third-order valence-electron chi connectivity index (χ3n) is 10.9. The van der Waals surface area contributed by atoms with Crippen LogP contribution in [0.1, 0.15) is 95.1 Å². The zero-order chi connectivity index (χ0) is 45.9. The van der Waals surface area contributed by atoms with Crippen molar-refractivity contribution in [2.75, 3.05) is 62.4 Å². The molecule has 346 valence electrons. The van der Waals surface area contributed by atoms with Crippen molar-refractivity contribution in [3.63, 3.8) is 0 Å². The molecule has 0 spiro atoms. The normalized spacial score (nSPS) is 12.7. The molecular formula is C55H62N2O7S2. The fourth-order valence-corrected chi connectivity index (χ4v) is 9.50. The van der Waals surface area contributed by atoms with E-state index in [2.05, 4.69) is 110 Å². The number of thiophene rings is 2. The first kappa shape index (κ1) is 47.8. The molecule has 0 N–H and O–H groups in total. The summed E-state index contributed by atoms with van der Waals surface area (Å²) in [5.74, 6) is 4.60. The maximum atomic E-state index is 11.5. The van der Waals surface area contributed by atoms with Crippen molar-refractivity contribution in [3.8, 4) is 34.5 Å². The molecule has 2 aromatic heterocycles. The van der Waals surface area contributed by atoms with Crippen LogP contribution < -0.4 is 38.2 Å². The van der Waals surface area contributed by atoms with Crippen molar-refractivity contribution >= 4 is 64.6 Å². The van der Waals surface area contributed by atoms with Gasteiger partial charge in [0.25, 0.3) is 0 Å². The van der Waals surface area contributed by atoms with Crippen molar-refractivity contribution in [1.82, 2.24) is 0 Å². The molecule has 11 heteroatoms. The number of nitrogens with zero attached hydrogens (tertiary/aromatic N) is 2. The lowest BCUT2D eigenvalue weighted by atomic mass is 10.1. The van der Waals surface area contributed by atoms with E-state index in [1.54, 1.807) is 11.3 Å². The molecule has 0 saturated heterocycles. The van der Waals surface area contributed by atoms with Crippen molar-refractivity contribution in [1.29, 1.82) is 0 Å². The van der Waals surface area contributed by atoms with Gasteiger partial charge in [-0.2, -0.15) is 0 Å². The van der Waals surface area contributed by atoms with Crippen molar-refractivity contribution < 1.29 is 33.2 Å². The van der Waals surface area contributed by atoms with Crippen molar-refractivity contribution in [2.24, 2.45) is 0 Å². The Morgan fingerprint density at radius 2 is 0.985 bits per heavy atom. The molecule has 0 fully saturated rings. The highest BCUT2D eigenvalue weighted by atomic mass is 32.1. The Labute approximate surface area is 398 Å². The molecule has 0 atom stereocenters. The van der Waals surface area contributed by atoms with Crippen LogP contribution in [0, 0.1) is 0 Å². The van der Waals surface area contributed by atoms with E-state index in [-0.39, 0.29) is 0 Å². The summed E-state index contributed by atoms with van der Waals surface area (Å²) in [6.07, 6.45) is 13.4. The Hall–Kier alpha value is -6.17. The number of aldehydes is 1. The molecule has 0 bridgehead atoms. The smallest absolute Gasteiger partial charge is 0.183 e. The molecule has 0 saturated carbocycles. The molecule has 9 nitrogen and oxygen atoms in total. The van der Waals surface area contributed by atoms with E-state index in [1.807, 2.05) is 53.9 Å². The largest absolute Gasteiger partial charge is 0.488 e. The van der Waals surface area contributed by atoms with E-state index in [0.29, 0.717) is 56.0 Å². The second-order valence-corrected chi connectivity index (χ2v) is 17.9. The summed E-state index contributed by atoms with van der Waals surface area (Å²) in [4.78, 5) is 18.8. The SMILES string of the molecule is CCCN(CCC)c1ccc(/C=C/c2sc(C=O)c3c2OCCO3)c(OCc2ccccc2)c1.CCCN(CCC)c1ccc(/C=C/c2scc3c2OCCO3)c(OCc2ccccc2)c1. The van der Waals surface area contributed by atoms with Crippen molar-refractivity contribution in [3.05, 3.63) is 139 Å². The van der Waals surface area contributed by atoms with E-state index >= 15 is 0 Å². The standard InChI is InChI=1S/C28H31NO4S.C27H31NO3S/c1-3-14-29(15-4-2)23-12-10-22(24(18-23)33-20-21-8-6-5-7-9-21)11-13-25-27-28(26(19-30)34-25)32-17-16-31-27;1-3-14-28(15-4-2)23-12-10-22(24(18-23)31-19-21-8-6-5-7-9-21)11-13-26-27-25(20-32-26)29-16-17-30-27/h5-13,18-19H,3-4,14-17,20H2,1-2H3;5-13,18,20H,3-4,14-17,19H2,1-2H3/b2*13-11+. The minimum atomic E-state index is 0.457. The Balaban J connectivity index is 0.000000197. The summed E-state index contributed by atoms with van der Waals surface area (Å²) in [6.45, 7) is 16.1. The van der Waals surface area contributed by atoms with Gasteiger partial charge in [-0.05, 0) is 85.4 Å². The highest BCUT2D eigenvalue weighted by Crippen LogP contribution is 2.45. The third kappa shape index (κ3) is 12.8. The third-order valence-corrected chi connectivity index (χ3v) is 12.8. The van der Waals surface area contributed by atoms with Gasteiger partial charge in [0.1, 0.15) is 56.0 Å². The number of rotatable bonds is 21. The molecule has 0 radical (unpaired) electrons. The summed E-state index contributed by atoms with van der Waals surface area (Å²) < 4.78 is 35.6. The summed E-state index contributed by atoms with van der Waals surface area (Å²) in [7, 11) is 0. The zero-order valence-corrected chi connectivity index (χ0v) is 40.3. The first-order chi connectivity index (χ1) is 32.5. The molecule has 8 rings (SSSR count). The van der Waals surface area contributed by atoms with Gasteiger partial charge >= 0.3 is 0 Å². The second kappa shape index (κ2) is 24.9. The van der Waals surface area contributed by atoms with Crippen LogP contribution in [0.2, 0.25) is 0 Å². The van der Waals surface area contributed by atoms with E-state index < -0.39 is 0 Å². The highest BCUT2D eigenvalue weighted by Gasteiger charge is 2.23. The van der Waals surface area contributed by atoms with Crippen LogP contribution in [-0.4, -0.2) is 58.9 Å². The average molecular weight is 927 g/mol. The van der Waals surface area contributed by atoms with Crippen LogP contribution in [0.5, 0.6) is 34.5 Å². The molecule has 2 aliphatic heterocycles. The Morgan fingerprint density at radius 3 is 1.47 bits per heavy atom. The second-order valence-electron chi connectivity index (χ2n) is 15.9. The number of hydrogen-bond acceptors (Lipinski definition) is 11. The van der Waals surface area contributed by atoms with Gasteiger partial charge in [-0.15, -0.1) is 22.7 Å². The summed E-state index contributed by atoms with van der Waals surface area (Å²) >= 11 is 3.01. The number of carbonyl (C=O) groups is 1. The quantitative estimate of drug-likeness (QED) is 0.0656. The number of carbonyl (C=O) groups excluding carboxylic acids is 1. The van der Waals surface area contributed by atoms with Gasteiger partial charge in [0.2, 0.25) is 0 Å². The van der Waals surface area contributed by atoms with Crippen molar-refractivity contribution in [2.45, 2.75) is 66.6 Å². The fraction of sp³-hybridized carbons (Fsp3) is 0.327. The van der Waals surface area contributed by atoms with Crippen LogP contribution in [0.4, 0.5) is 11.4 Å². The van der Waals surface area contributed by atoms with Gasteiger partial charge in [0.15, 0.2) is 29.3 Å². The monoisotopic (exact) mass is 926 g/mol. The van der Waals surface area contributed by atoms with E-state index in [9.17, 15) is 4.79 Å². The lowest BCUT2D eigenvalue weighted by molar-refractivity contribution is 0.111. The van der Waals surface area contributed by atoms with Gasteiger partial charge in [-0.3, -0.25) is 4.79 Å². The molecule has 66 heavy (non-hydrogen) atoms. The molecule has 6 aromatic rings. The van der Waals surface area contributed by atoms with Crippen LogP contribution in [0.15, 0.2) is 102 Å². The maximum Gasteiger partial charge on any atom is 0.183 e. The van der Waals surface area contributed by atoms with E-state index in [4.69, 9.17) is 28.4 Å². The minimum absolute atomic E-state index is 0.457. The topological polar surface area (TPSA) is 78.9 Å². The van der Waals surface area contributed by atoms with Crippen LogP contribution in [0.3, 0.4) is 0 Å². The summed E-state index contributed by atoms with van der Waals surface area (Å²) in [5.41, 5.74) is 6.67. The Morgan fingerprint density at radius 1 is 0.530 bits per heavy atom. The van der Waals surface area contributed by atoms with Gasteiger partial charge in [0.05, 0.1) is 9.75 Å². The predicted molar refractivity (Wildman–Crippen MR) is 274 cm³/mol. The maximum absolute atomic E-state index is 11.5. The minimum Gasteiger partial charge on any atom is -0.488 e. The molecule has 4 aromatic carbocycles. The van der Waals surface area contributed by atoms with Gasteiger partial charge in [-0.25, -0.2) is 0 Å². The molecule has 4 heterocycles.